The second-order valence-electron chi connectivity index (χ2n) is 4.42. The Labute approximate surface area is 124 Å². The highest BCUT2D eigenvalue weighted by molar-refractivity contribution is 7.08. The second-order valence-corrected chi connectivity index (χ2v) is 5.20. The molecule has 0 radical (unpaired) electrons. The number of fused-ring (bicyclic) bond motifs is 3. The summed E-state index contributed by atoms with van der Waals surface area (Å²) in [6.45, 7) is 0. The standard InChI is InChI=1S/C15H10N4OS/c1-2-4-12-11(3-1)13-14(20-12)15(17-9-16-13)19-18-7-10-5-6-21-8-10/h1-9H,(H,16,17,19)/b18-7-. The molecule has 0 amide bonds. The minimum absolute atomic E-state index is 0.558. The topological polar surface area (TPSA) is 63.3 Å². The quantitative estimate of drug-likeness (QED) is 0.460. The van der Waals surface area contributed by atoms with Crippen LogP contribution >= 0.6 is 11.3 Å². The maximum absolute atomic E-state index is 5.81. The number of hydrazone groups is 1. The normalized spacial score (nSPS) is 11.6. The molecule has 1 aromatic carbocycles. The largest absolute Gasteiger partial charge is 0.450 e. The van der Waals surface area contributed by atoms with Crippen LogP contribution in [-0.4, -0.2) is 16.2 Å². The van der Waals surface area contributed by atoms with Gasteiger partial charge < -0.3 is 4.42 Å². The summed E-state index contributed by atoms with van der Waals surface area (Å²) in [6, 6.07) is 9.77. The van der Waals surface area contributed by atoms with Gasteiger partial charge in [0.25, 0.3) is 0 Å². The van der Waals surface area contributed by atoms with Crippen molar-refractivity contribution in [1.82, 2.24) is 9.97 Å². The third-order valence-corrected chi connectivity index (χ3v) is 3.79. The van der Waals surface area contributed by atoms with E-state index in [4.69, 9.17) is 4.42 Å². The smallest absolute Gasteiger partial charge is 0.197 e. The van der Waals surface area contributed by atoms with Gasteiger partial charge in [0.1, 0.15) is 17.4 Å². The molecule has 1 N–H and O–H groups in total. The summed E-state index contributed by atoms with van der Waals surface area (Å²) in [6.07, 6.45) is 3.25. The molecule has 0 aliphatic rings. The molecule has 3 aromatic heterocycles. The molecule has 0 unspecified atom stereocenters. The van der Waals surface area contributed by atoms with Crippen LogP contribution in [0.1, 0.15) is 5.56 Å². The maximum Gasteiger partial charge on any atom is 0.197 e. The second kappa shape index (κ2) is 4.99. The summed E-state index contributed by atoms with van der Waals surface area (Å²) in [7, 11) is 0. The van der Waals surface area contributed by atoms with Gasteiger partial charge in [-0.05, 0) is 29.0 Å². The van der Waals surface area contributed by atoms with Gasteiger partial charge in [-0.3, -0.25) is 5.43 Å². The van der Waals surface area contributed by atoms with Gasteiger partial charge in [0.15, 0.2) is 11.4 Å². The zero-order valence-corrected chi connectivity index (χ0v) is 11.7. The predicted molar refractivity (Wildman–Crippen MR) is 84.8 cm³/mol. The SMILES string of the molecule is C(=N/Nc1ncnc2c1oc1ccccc12)/c1ccsc1. The average Bonchev–Trinajstić information content (AvgIpc) is 3.15. The molecule has 0 spiro atoms. The Balaban J connectivity index is 1.75. The summed E-state index contributed by atoms with van der Waals surface area (Å²) in [5.41, 5.74) is 6.15. The molecular weight excluding hydrogens is 284 g/mol. The highest BCUT2D eigenvalue weighted by Crippen LogP contribution is 2.30. The molecular formula is C15H10N4OS. The summed E-state index contributed by atoms with van der Waals surface area (Å²) in [5.74, 6) is 0.558. The molecule has 0 atom stereocenters. The molecule has 102 valence electrons. The van der Waals surface area contributed by atoms with Gasteiger partial charge in [-0.1, -0.05) is 12.1 Å². The van der Waals surface area contributed by atoms with E-state index in [9.17, 15) is 0 Å². The Hall–Kier alpha value is -2.73. The van der Waals surface area contributed by atoms with E-state index in [2.05, 4.69) is 20.5 Å². The summed E-state index contributed by atoms with van der Waals surface area (Å²) in [4.78, 5) is 8.49. The lowest BCUT2D eigenvalue weighted by atomic mass is 10.2. The van der Waals surface area contributed by atoms with Crippen molar-refractivity contribution in [2.45, 2.75) is 0 Å². The number of nitrogens with one attached hydrogen (secondary N) is 1. The molecule has 4 rings (SSSR count). The molecule has 5 nitrogen and oxygen atoms in total. The lowest BCUT2D eigenvalue weighted by Crippen LogP contribution is -1.94. The fourth-order valence-corrected chi connectivity index (χ4v) is 2.73. The van der Waals surface area contributed by atoms with Gasteiger partial charge >= 0.3 is 0 Å². The van der Waals surface area contributed by atoms with Crippen molar-refractivity contribution in [1.29, 1.82) is 0 Å². The van der Waals surface area contributed by atoms with Crippen molar-refractivity contribution < 1.29 is 4.42 Å². The van der Waals surface area contributed by atoms with E-state index in [0.717, 1.165) is 22.0 Å². The van der Waals surface area contributed by atoms with Crippen molar-refractivity contribution >= 4 is 45.4 Å². The summed E-state index contributed by atoms with van der Waals surface area (Å²) < 4.78 is 5.81. The zero-order valence-electron chi connectivity index (χ0n) is 10.9. The monoisotopic (exact) mass is 294 g/mol. The fourth-order valence-electron chi connectivity index (χ4n) is 2.12. The lowest BCUT2D eigenvalue weighted by Gasteiger charge is -1.98. The molecule has 0 fully saturated rings. The highest BCUT2D eigenvalue weighted by Gasteiger charge is 2.11. The number of hydrogen-bond acceptors (Lipinski definition) is 6. The third kappa shape index (κ3) is 2.15. The minimum atomic E-state index is 0.558. The average molecular weight is 294 g/mol. The van der Waals surface area contributed by atoms with Crippen molar-refractivity contribution in [3.05, 3.63) is 53.0 Å². The van der Waals surface area contributed by atoms with Gasteiger partial charge in [-0.25, -0.2) is 9.97 Å². The van der Waals surface area contributed by atoms with E-state index in [1.165, 1.54) is 6.33 Å². The van der Waals surface area contributed by atoms with E-state index >= 15 is 0 Å². The van der Waals surface area contributed by atoms with Crippen LogP contribution in [0.2, 0.25) is 0 Å². The number of furan rings is 1. The Bertz CT molecular complexity index is 927. The zero-order chi connectivity index (χ0) is 14.1. The maximum atomic E-state index is 5.81. The molecule has 3 heterocycles. The van der Waals surface area contributed by atoms with E-state index < -0.39 is 0 Å². The number of hydrogen-bond donors (Lipinski definition) is 1. The van der Waals surface area contributed by atoms with E-state index in [1.807, 2.05) is 41.1 Å². The number of para-hydroxylation sites is 1. The first-order valence-electron chi connectivity index (χ1n) is 6.35. The number of benzene rings is 1. The number of nitrogens with zero attached hydrogens (tertiary/aromatic N) is 3. The Morgan fingerprint density at radius 1 is 1.19 bits per heavy atom. The number of thiophene rings is 1. The molecule has 0 saturated carbocycles. The van der Waals surface area contributed by atoms with Crippen LogP contribution in [0.15, 0.2) is 56.9 Å². The van der Waals surface area contributed by atoms with Gasteiger partial charge in [-0.2, -0.15) is 16.4 Å². The minimum Gasteiger partial charge on any atom is -0.450 e. The van der Waals surface area contributed by atoms with Gasteiger partial charge in [0.05, 0.1) is 6.21 Å². The van der Waals surface area contributed by atoms with Crippen LogP contribution in [0, 0.1) is 0 Å². The van der Waals surface area contributed by atoms with Crippen LogP contribution in [0.25, 0.3) is 22.1 Å². The van der Waals surface area contributed by atoms with Crippen LogP contribution in [0.3, 0.4) is 0 Å². The van der Waals surface area contributed by atoms with Crippen LogP contribution in [-0.2, 0) is 0 Å². The molecule has 0 aliphatic carbocycles. The first-order valence-corrected chi connectivity index (χ1v) is 7.29. The molecule has 0 bridgehead atoms. The number of rotatable bonds is 3. The summed E-state index contributed by atoms with van der Waals surface area (Å²) >= 11 is 1.63. The van der Waals surface area contributed by atoms with E-state index in [0.29, 0.717) is 11.4 Å². The van der Waals surface area contributed by atoms with Gasteiger partial charge in [0, 0.05) is 10.9 Å². The van der Waals surface area contributed by atoms with Crippen molar-refractivity contribution in [3.8, 4) is 0 Å². The molecule has 4 aromatic rings. The predicted octanol–water partition coefficient (Wildman–Crippen LogP) is 3.88. The molecule has 0 saturated heterocycles. The number of anilines is 1. The van der Waals surface area contributed by atoms with Crippen molar-refractivity contribution in [2.75, 3.05) is 5.43 Å². The number of aromatic nitrogens is 2. The van der Waals surface area contributed by atoms with Crippen molar-refractivity contribution in [2.24, 2.45) is 5.10 Å². The van der Waals surface area contributed by atoms with Gasteiger partial charge in [0.2, 0.25) is 0 Å². The summed E-state index contributed by atoms with van der Waals surface area (Å²) in [5, 5.41) is 9.18. The molecule has 21 heavy (non-hydrogen) atoms. The van der Waals surface area contributed by atoms with Crippen LogP contribution in [0.5, 0.6) is 0 Å². The first kappa shape index (κ1) is 12.0. The van der Waals surface area contributed by atoms with Crippen LogP contribution < -0.4 is 5.43 Å². The van der Waals surface area contributed by atoms with Crippen LogP contribution in [0.4, 0.5) is 5.82 Å². The molecule has 6 heteroatoms. The van der Waals surface area contributed by atoms with Gasteiger partial charge in [-0.15, -0.1) is 0 Å². The lowest BCUT2D eigenvalue weighted by molar-refractivity contribution is 0.667. The Morgan fingerprint density at radius 3 is 3.05 bits per heavy atom. The fraction of sp³-hybridized carbons (Fsp3) is 0. The highest BCUT2D eigenvalue weighted by atomic mass is 32.1. The van der Waals surface area contributed by atoms with E-state index in [-0.39, 0.29) is 0 Å². The van der Waals surface area contributed by atoms with Crippen molar-refractivity contribution in [3.63, 3.8) is 0 Å². The van der Waals surface area contributed by atoms with E-state index in [1.54, 1.807) is 17.6 Å². The third-order valence-electron chi connectivity index (χ3n) is 3.09. The first-order chi connectivity index (χ1) is 10.4. The Morgan fingerprint density at radius 2 is 2.14 bits per heavy atom. The Kier molecular flexibility index (Phi) is 2.86. The molecule has 0 aliphatic heterocycles.